The van der Waals surface area contributed by atoms with E-state index in [-0.39, 0.29) is 11.8 Å². The lowest BCUT2D eigenvalue weighted by molar-refractivity contribution is -0.0313. The molecule has 1 aromatic heterocycles. The van der Waals surface area contributed by atoms with Crippen LogP contribution in [-0.4, -0.2) is 17.2 Å². The van der Waals surface area contributed by atoms with Gasteiger partial charge in [0, 0.05) is 7.05 Å². The molecule has 1 atom stereocenters. The first-order valence-electron chi connectivity index (χ1n) is 5.03. The van der Waals surface area contributed by atoms with Gasteiger partial charge in [-0.05, 0) is 29.1 Å². The maximum absolute atomic E-state index is 9.50. The number of phenols is 1. The lowest BCUT2D eigenvalue weighted by Gasteiger charge is -2.18. The Morgan fingerprint density at radius 2 is 2.25 bits per heavy atom. The second-order valence-corrected chi connectivity index (χ2v) is 4.73. The summed E-state index contributed by atoms with van der Waals surface area (Å²) in [5.74, 6) is 1.21. The van der Waals surface area contributed by atoms with Gasteiger partial charge in [-0.3, -0.25) is 0 Å². The number of nitrogens with zero attached hydrogens (tertiary/aromatic N) is 1. The number of hydrogen-bond acceptors (Lipinski definition) is 4. The van der Waals surface area contributed by atoms with E-state index < -0.39 is 0 Å². The average molecular weight is 233 g/mol. The molecule has 1 aliphatic heterocycles. The van der Waals surface area contributed by atoms with Crippen molar-refractivity contribution in [3.8, 4) is 11.5 Å². The highest BCUT2D eigenvalue weighted by Gasteiger charge is 2.32. The Morgan fingerprint density at radius 1 is 1.38 bits per heavy atom. The molecular weight excluding hydrogens is 222 g/mol. The van der Waals surface area contributed by atoms with Crippen molar-refractivity contribution in [1.82, 2.24) is 5.06 Å². The summed E-state index contributed by atoms with van der Waals surface area (Å²) >= 11 is 1.68. The smallest absolute Gasteiger partial charge is 0.163 e. The first kappa shape index (κ1) is 9.69. The van der Waals surface area contributed by atoms with Gasteiger partial charge in [-0.2, -0.15) is 0 Å². The summed E-state index contributed by atoms with van der Waals surface area (Å²) in [6.45, 7) is 0. The molecule has 0 saturated carbocycles. The number of phenolic OH excluding ortho intramolecular Hbond substituents is 1. The van der Waals surface area contributed by atoms with Crippen LogP contribution in [0.15, 0.2) is 35.7 Å². The third kappa shape index (κ3) is 1.38. The van der Waals surface area contributed by atoms with Crippen LogP contribution >= 0.6 is 11.3 Å². The maximum atomic E-state index is 9.50. The molecule has 0 aliphatic carbocycles. The summed E-state index contributed by atoms with van der Waals surface area (Å²) in [4.78, 5) is 6.80. The molecule has 3 nitrogen and oxygen atoms in total. The molecule has 4 heteroatoms. The van der Waals surface area contributed by atoms with E-state index in [9.17, 15) is 5.11 Å². The molecule has 2 aromatic rings. The third-order valence-electron chi connectivity index (χ3n) is 2.70. The summed E-state index contributed by atoms with van der Waals surface area (Å²) in [6, 6.07) is 9.36. The lowest BCUT2D eigenvalue weighted by atomic mass is 10.1. The topological polar surface area (TPSA) is 32.7 Å². The van der Waals surface area contributed by atoms with Crippen molar-refractivity contribution in [3.05, 3.63) is 46.2 Å². The largest absolute Gasteiger partial charge is 0.508 e. The number of benzene rings is 1. The van der Waals surface area contributed by atoms with Crippen LogP contribution in [0.5, 0.6) is 11.5 Å². The number of aromatic hydroxyl groups is 1. The summed E-state index contributed by atoms with van der Waals surface area (Å²) in [5, 5.41) is 13.3. The summed E-state index contributed by atoms with van der Waals surface area (Å²) in [5.41, 5.74) is 1.05. The van der Waals surface area contributed by atoms with Crippen molar-refractivity contribution in [3.63, 3.8) is 0 Å². The van der Waals surface area contributed by atoms with Gasteiger partial charge in [0.05, 0.1) is 4.88 Å². The molecular formula is C12H11NO2S. The van der Waals surface area contributed by atoms with Gasteiger partial charge in [0.25, 0.3) is 0 Å². The van der Waals surface area contributed by atoms with Crippen LogP contribution < -0.4 is 4.84 Å². The number of rotatable bonds is 1. The summed E-state index contributed by atoms with van der Waals surface area (Å²) < 4.78 is 0. The molecule has 1 unspecified atom stereocenters. The molecule has 0 saturated heterocycles. The van der Waals surface area contributed by atoms with Gasteiger partial charge in [0.1, 0.15) is 11.8 Å². The van der Waals surface area contributed by atoms with Gasteiger partial charge in [-0.15, -0.1) is 16.4 Å². The van der Waals surface area contributed by atoms with E-state index in [2.05, 4.69) is 0 Å². The molecule has 0 bridgehead atoms. The molecule has 1 N–H and O–H groups in total. The minimum Gasteiger partial charge on any atom is -0.508 e. The minimum atomic E-state index is 0.0853. The Balaban J connectivity index is 2.07. The van der Waals surface area contributed by atoms with E-state index in [0.717, 1.165) is 11.3 Å². The SMILES string of the molecule is CN1Oc2ccsc2C1c1cccc(O)c1. The number of thiophene rings is 1. The van der Waals surface area contributed by atoms with Crippen molar-refractivity contribution >= 4 is 11.3 Å². The van der Waals surface area contributed by atoms with Crippen LogP contribution in [0, 0.1) is 0 Å². The molecule has 2 heterocycles. The van der Waals surface area contributed by atoms with Crippen molar-refractivity contribution in [1.29, 1.82) is 0 Å². The van der Waals surface area contributed by atoms with Gasteiger partial charge in [-0.1, -0.05) is 12.1 Å². The second-order valence-electron chi connectivity index (χ2n) is 3.78. The van der Waals surface area contributed by atoms with Crippen molar-refractivity contribution < 1.29 is 9.94 Å². The Labute approximate surface area is 97.5 Å². The fourth-order valence-electron chi connectivity index (χ4n) is 2.01. The Hall–Kier alpha value is -1.52. The second kappa shape index (κ2) is 3.50. The quantitative estimate of drug-likeness (QED) is 0.822. The summed E-state index contributed by atoms with van der Waals surface area (Å²) in [7, 11) is 1.90. The van der Waals surface area contributed by atoms with E-state index in [1.807, 2.05) is 35.7 Å². The highest BCUT2D eigenvalue weighted by molar-refractivity contribution is 7.10. The van der Waals surface area contributed by atoms with Crippen LogP contribution in [0.3, 0.4) is 0 Å². The van der Waals surface area contributed by atoms with Gasteiger partial charge in [0.2, 0.25) is 0 Å². The molecule has 0 amide bonds. The molecule has 1 aliphatic rings. The van der Waals surface area contributed by atoms with Crippen LogP contribution in [0.4, 0.5) is 0 Å². The van der Waals surface area contributed by atoms with E-state index in [1.54, 1.807) is 23.5 Å². The molecule has 0 radical (unpaired) electrons. The predicted molar refractivity (Wildman–Crippen MR) is 62.7 cm³/mol. The maximum Gasteiger partial charge on any atom is 0.163 e. The molecule has 0 fully saturated rings. The average Bonchev–Trinajstić information content (AvgIpc) is 2.76. The fourth-order valence-corrected chi connectivity index (χ4v) is 2.99. The third-order valence-corrected chi connectivity index (χ3v) is 3.65. The number of fused-ring (bicyclic) bond motifs is 1. The van der Waals surface area contributed by atoms with Crippen LogP contribution in [0.2, 0.25) is 0 Å². The number of hydroxylamine groups is 2. The van der Waals surface area contributed by atoms with E-state index in [4.69, 9.17) is 4.84 Å². The predicted octanol–water partition coefficient (Wildman–Crippen LogP) is 2.78. The van der Waals surface area contributed by atoms with Crippen LogP contribution in [0.25, 0.3) is 0 Å². The highest BCUT2D eigenvalue weighted by Crippen LogP contribution is 2.44. The first-order valence-corrected chi connectivity index (χ1v) is 5.91. The molecule has 16 heavy (non-hydrogen) atoms. The van der Waals surface area contributed by atoms with Crippen molar-refractivity contribution in [2.45, 2.75) is 6.04 Å². The van der Waals surface area contributed by atoms with Gasteiger partial charge < -0.3 is 9.94 Å². The zero-order valence-corrected chi connectivity index (χ0v) is 9.57. The Bertz CT molecular complexity index is 523. The normalized spacial score (nSPS) is 19.4. The lowest BCUT2D eigenvalue weighted by Crippen LogP contribution is -2.21. The number of hydrogen-bond donors (Lipinski definition) is 1. The van der Waals surface area contributed by atoms with E-state index in [1.165, 1.54) is 4.88 Å². The zero-order chi connectivity index (χ0) is 11.1. The Morgan fingerprint density at radius 3 is 3.06 bits per heavy atom. The highest BCUT2D eigenvalue weighted by atomic mass is 32.1. The van der Waals surface area contributed by atoms with Crippen LogP contribution in [0.1, 0.15) is 16.5 Å². The monoisotopic (exact) mass is 233 g/mol. The zero-order valence-electron chi connectivity index (χ0n) is 8.75. The molecule has 3 rings (SSSR count). The van der Waals surface area contributed by atoms with Gasteiger partial charge in [-0.25, -0.2) is 0 Å². The summed E-state index contributed by atoms with van der Waals surface area (Å²) in [6.07, 6.45) is 0. The Kier molecular flexibility index (Phi) is 2.12. The van der Waals surface area contributed by atoms with E-state index in [0.29, 0.717) is 0 Å². The van der Waals surface area contributed by atoms with Crippen molar-refractivity contribution in [2.24, 2.45) is 0 Å². The van der Waals surface area contributed by atoms with Crippen LogP contribution in [-0.2, 0) is 0 Å². The van der Waals surface area contributed by atoms with Gasteiger partial charge in [0.15, 0.2) is 5.75 Å². The van der Waals surface area contributed by atoms with Crippen molar-refractivity contribution in [2.75, 3.05) is 7.05 Å². The van der Waals surface area contributed by atoms with Gasteiger partial charge >= 0.3 is 0 Å². The molecule has 0 spiro atoms. The fraction of sp³-hybridized carbons (Fsp3) is 0.167. The standard InChI is InChI=1S/C12H11NO2S/c1-13-11(8-3-2-4-9(14)7-8)12-10(15-13)5-6-16-12/h2-7,11,14H,1H3. The van der Waals surface area contributed by atoms with E-state index >= 15 is 0 Å². The molecule has 82 valence electrons. The minimum absolute atomic E-state index is 0.0853. The molecule has 1 aromatic carbocycles. The first-order chi connectivity index (χ1) is 7.75.